The molecule has 0 bridgehead atoms. The van der Waals surface area contributed by atoms with Crippen molar-refractivity contribution in [2.24, 2.45) is 5.73 Å². The molecule has 4 rings (SSSR count). The number of aryl methyl sites for hydroxylation is 1. The molecule has 0 radical (unpaired) electrons. The molecule has 1 aliphatic rings. The van der Waals surface area contributed by atoms with Crippen LogP contribution < -0.4 is 15.2 Å². The van der Waals surface area contributed by atoms with E-state index in [1.165, 1.54) is 0 Å². The summed E-state index contributed by atoms with van der Waals surface area (Å²) in [6, 6.07) is 15.3. The Morgan fingerprint density at radius 1 is 1.31 bits per heavy atom. The van der Waals surface area contributed by atoms with Crippen LogP contribution in [0, 0.1) is 18.3 Å². The molecule has 2 heterocycles. The summed E-state index contributed by atoms with van der Waals surface area (Å²) in [4.78, 5) is 0. The Labute approximate surface area is 181 Å². The van der Waals surface area contributed by atoms with Crippen molar-refractivity contribution in [2.45, 2.75) is 19.4 Å². The van der Waals surface area contributed by atoms with Gasteiger partial charge < -0.3 is 15.2 Å². The van der Waals surface area contributed by atoms with Crippen LogP contribution in [0.25, 0.3) is 0 Å². The average molecular weight is 472 g/mol. The maximum Gasteiger partial charge on any atom is 0.244 e. The van der Waals surface area contributed by atoms with Crippen LogP contribution in [0.2, 0.25) is 5.02 Å². The molecule has 0 saturated heterocycles. The van der Waals surface area contributed by atoms with Gasteiger partial charge in [0.05, 0.1) is 5.92 Å². The molecule has 1 aliphatic heterocycles. The minimum absolute atomic E-state index is 0.0418. The minimum Gasteiger partial charge on any atom is -0.489 e. The van der Waals surface area contributed by atoms with Gasteiger partial charge in [0.25, 0.3) is 0 Å². The number of nitrogens with two attached hydrogens (primary N) is 1. The number of rotatable bonds is 4. The van der Waals surface area contributed by atoms with Gasteiger partial charge in [-0.15, -0.1) is 5.10 Å². The molecule has 1 unspecified atom stereocenters. The van der Waals surface area contributed by atoms with E-state index >= 15 is 0 Å². The fourth-order valence-electron chi connectivity index (χ4n) is 3.33. The van der Waals surface area contributed by atoms with E-state index in [0.29, 0.717) is 28.8 Å². The molecule has 3 N–H and O–H groups in total. The third-order valence-corrected chi connectivity index (χ3v) is 5.47. The van der Waals surface area contributed by atoms with Crippen LogP contribution in [-0.2, 0) is 6.61 Å². The zero-order chi connectivity index (χ0) is 20.5. The van der Waals surface area contributed by atoms with Gasteiger partial charge in [-0.2, -0.15) is 5.26 Å². The highest BCUT2D eigenvalue weighted by molar-refractivity contribution is 9.10. The van der Waals surface area contributed by atoms with Crippen molar-refractivity contribution in [3.63, 3.8) is 0 Å². The number of ether oxygens (including phenoxy) is 2. The lowest BCUT2D eigenvalue weighted by Crippen LogP contribution is -2.21. The number of nitrogens with one attached hydrogen (secondary N) is 1. The van der Waals surface area contributed by atoms with Crippen LogP contribution in [0.3, 0.4) is 0 Å². The Morgan fingerprint density at radius 2 is 2.07 bits per heavy atom. The Balaban J connectivity index is 1.78. The Bertz CT molecular complexity index is 1150. The monoisotopic (exact) mass is 470 g/mol. The van der Waals surface area contributed by atoms with Crippen molar-refractivity contribution in [2.75, 3.05) is 0 Å². The van der Waals surface area contributed by atoms with Crippen LogP contribution >= 0.6 is 27.5 Å². The summed E-state index contributed by atoms with van der Waals surface area (Å²) < 4.78 is 12.5. The summed E-state index contributed by atoms with van der Waals surface area (Å²) in [6.07, 6.45) is 0. The molecule has 8 heteroatoms. The number of nitriles is 1. The lowest BCUT2D eigenvalue weighted by molar-refractivity contribution is 0.301. The summed E-state index contributed by atoms with van der Waals surface area (Å²) in [5.74, 6) is 0.593. The second-order valence-electron chi connectivity index (χ2n) is 6.59. The van der Waals surface area contributed by atoms with Crippen LogP contribution in [0.4, 0.5) is 0 Å². The van der Waals surface area contributed by atoms with Crippen LogP contribution in [0.5, 0.6) is 11.6 Å². The van der Waals surface area contributed by atoms with Crippen molar-refractivity contribution >= 4 is 27.5 Å². The molecular formula is C21H16BrClN4O2. The molecule has 3 aromatic rings. The summed E-state index contributed by atoms with van der Waals surface area (Å²) in [5.41, 5.74) is 9.68. The van der Waals surface area contributed by atoms with Crippen LogP contribution in [-0.4, -0.2) is 10.2 Å². The first kappa shape index (κ1) is 19.4. The molecule has 0 amide bonds. The quantitative estimate of drug-likeness (QED) is 0.562. The number of nitrogens with zero attached hydrogens (tertiary/aromatic N) is 2. The smallest absolute Gasteiger partial charge is 0.244 e. The number of allylic oxidation sites excluding steroid dienone is 1. The van der Waals surface area contributed by atoms with E-state index in [-0.39, 0.29) is 5.88 Å². The zero-order valence-electron chi connectivity index (χ0n) is 15.4. The number of H-pyrrole nitrogens is 1. The van der Waals surface area contributed by atoms with Crippen LogP contribution in [0.1, 0.15) is 28.3 Å². The van der Waals surface area contributed by atoms with Crippen molar-refractivity contribution < 1.29 is 9.47 Å². The van der Waals surface area contributed by atoms with Gasteiger partial charge in [0.1, 0.15) is 24.0 Å². The van der Waals surface area contributed by atoms with E-state index in [1.807, 2.05) is 49.4 Å². The number of aromatic nitrogens is 2. The highest BCUT2D eigenvalue weighted by Gasteiger charge is 2.36. The second kappa shape index (κ2) is 7.82. The van der Waals surface area contributed by atoms with E-state index < -0.39 is 5.92 Å². The molecule has 0 aliphatic carbocycles. The van der Waals surface area contributed by atoms with E-state index in [4.69, 9.17) is 26.8 Å². The molecule has 1 aromatic heterocycles. The number of fused-ring (bicyclic) bond motifs is 1. The van der Waals surface area contributed by atoms with Gasteiger partial charge in [-0.25, -0.2) is 0 Å². The van der Waals surface area contributed by atoms with Crippen molar-refractivity contribution in [1.29, 1.82) is 5.26 Å². The predicted molar refractivity (Wildman–Crippen MR) is 113 cm³/mol. The third-order valence-electron chi connectivity index (χ3n) is 4.72. The molecule has 2 aromatic carbocycles. The SMILES string of the molecule is Cc1[nH]nc2c1C(c1cc(Br)ccc1OCc1ccc(Cl)cc1)C(C#N)=C(N)O2. The highest BCUT2D eigenvalue weighted by Crippen LogP contribution is 2.46. The van der Waals surface area contributed by atoms with Gasteiger partial charge in [0.2, 0.25) is 11.8 Å². The molecule has 0 saturated carbocycles. The molecular weight excluding hydrogens is 456 g/mol. The van der Waals surface area contributed by atoms with Crippen molar-refractivity contribution in [3.8, 4) is 17.7 Å². The topological polar surface area (TPSA) is 97.0 Å². The number of benzene rings is 2. The second-order valence-corrected chi connectivity index (χ2v) is 7.94. The molecule has 29 heavy (non-hydrogen) atoms. The Kier molecular flexibility index (Phi) is 5.22. The van der Waals surface area contributed by atoms with E-state index in [2.05, 4.69) is 32.2 Å². The Morgan fingerprint density at radius 3 is 2.79 bits per heavy atom. The number of hydrogen-bond acceptors (Lipinski definition) is 5. The minimum atomic E-state index is -0.458. The number of aromatic amines is 1. The molecule has 146 valence electrons. The summed E-state index contributed by atoms with van der Waals surface area (Å²) in [7, 11) is 0. The largest absolute Gasteiger partial charge is 0.489 e. The van der Waals surface area contributed by atoms with Gasteiger partial charge in [-0.1, -0.05) is 39.7 Å². The molecule has 0 fully saturated rings. The Hall–Kier alpha value is -2.95. The van der Waals surface area contributed by atoms with E-state index in [1.54, 1.807) is 0 Å². The van der Waals surface area contributed by atoms with Crippen molar-refractivity contribution in [1.82, 2.24) is 10.2 Å². The van der Waals surface area contributed by atoms with Crippen molar-refractivity contribution in [3.05, 3.63) is 85.8 Å². The normalized spacial score (nSPS) is 15.4. The fourth-order valence-corrected chi connectivity index (χ4v) is 3.83. The number of halogens is 2. The first-order chi connectivity index (χ1) is 14.0. The lowest BCUT2D eigenvalue weighted by Gasteiger charge is -2.25. The molecule has 6 nitrogen and oxygen atoms in total. The van der Waals surface area contributed by atoms with Crippen LogP contribution in [0.15, 0.2) is 58.4 Å². The number of hydrogen-bond donors (Lipinski definition) is 2. The fraction of sp³-hybridized carbons (Fsp3) is 0.143. The third kappa shape index (κ3) is 3.69. The van der Waals surface area contributed by atoms with E-state index in [9.17, 15) is 5.26 Å². The first-order valence-corrected chi connectivity index (χ1v) is 9.94. The predicted octanol–water partition coefficient (Wildman–Crippen LogP) is 4.93. The summed E-state index contributed by atoms with van der Waals surface area (Å²) in [6.45, 7) is 2.23. The highest BCUT2D eigenvalue weighted by atomic mass is 79.9. The maximum atomic E-state index is 9.78. The van der Waals surface area contributed by atoms with E-state index in [0.717, 1.165) is 26.9 Å². The van der Waals surface area contributed by atoms with Gasteiger partial charge in [0, 0.05) is 26.3 Å². The summed E-state index contributed by atoms with van der Waals surface area (Å²) in [5, 5.41) is 17.5. The van der Waals surface area contributed by atoms with Gasteiger partial charge in [0.15, 0.2) is 0 Å². The zero-order valence-corrected chi connectivity index (χ0v) is 17.7. The van der Waals surface area contributed by atoms with Gasteiger partial charge in [-0.05, 0) is 42.8 Å². The lowest BCUT2D eigenvalue weighted by atomic mass is 9.83. The molecule has 0 spiro atoms. The average Bonchev–Trinajstić information content (AvgIpc) is 3.07. The first-order valence-electron chi connectivity index (χ1n) is 8.77. The molecule has 1 atom stereocenters. The maximum absolute atomic E-state index is 9.78. The van der Waals surface area contributed by atoms with Gasteiger partial charge in [-0.3, -0.25) is 5.10 Å². The summed E-state index contributed by atoms with van der Waals surface area (Å²) >= 11 is 9.47. The van der Waals surface area contributed by atoms with Gasteiger partial charge >= 0.3 is 0 Å². The standard InChI is InChI=1S/C21H16BrClN4O2/c1-11-18-19(16(9-24)20(25)29-21(18)27-26-11)15-8-13(22)4-7-17(15)28-10-12-2-5-14(23)6-3-12/h2-8,19H,10,25H2,1H3,(H,26,27).